The monoisotopic (exact) mass is 396 g/mol. The van der Waals surface area contributed by atoms with Crippen molar-refractivity contribution in [2.45, 2.75) is 12.6 Å². The summed E-state index contributed by atoms with van der Waals surface area (Å²) in [6.07, 6.45) is 0. The molecule has 0 spiro atoms. The summed E-state index contributed by atoms with van der Waals surface area (Å²) in [6.45, 7) is 0.959. The summed E-state index contributed by atoms with van der Waals surface area (Å²) in [5, 5.41) is 0. The van der Waals surface area contributed by atoms with Crippen LogP contribution in [-0.2, 0) is 11.3 Å². The van der Waals surface area contributed by atoms with Crippen LogP contribution in [0, 0.1) is 0 Å². The first-order valence-corrected chi connectivity index (χ1v) is 8.20. The minimum Gasteiger partial charge on any atom is -0.496 e. The second-order valence-corrected chi connectivity index (χ2v) is 6.52. The molecule has 2 aliphatic heterocycles. The Labute approximate surface area is 147 Å². The Morgan fingerprint density at radius 2 is 2.12 bits per heavy atom. The van der Waals surface area contributed by atoms with E-state index >= 15 is 0 Å². The summed E-state index contributed by atoms with van der Waals surface area (Å²) < 4.78 is 5.92. The largest absolute Gasteiger partial charge is 0.496 e. The number of imide groups is 1. The topological polar surface area (TPSA) is 96.2 Å². The van der Waals surface area contributed by atoms with E-state index in [9.17, 15) is 14.4 Å². The molecule has 0 unspecified atom stereocenters. The fourth-order valence-corrected chi connectivity index (χ4v) is 3.58. The minimum absolute atomic E-state index is 0.142. The van der Waals surface area contributed by atoms with E-state index in [1.54, 1.807) is 19.2 Å². The minimum atomic E-state index is -0.652. The lowest BCUT2D eigenvalue weighted by atomic mass is 10.1. The Hall–Kier alpha value is -2.29. The zero-order chi connectivity index (χ0) is 17.4. The predicted molar refractivity (Wildman–Crippen MR) is 88.3 cm³/mol. The number of nitrogens with two attached hydrogens (primary N) is 1. The molecule has 2 saturated heterocycles. The van der Waals surface area contributed by atoms with E-state index in [1.165, 1.54) is 14.7 Å². The van der Waals surface area contributed by atoms with E-state index < -0.39 is 12.1 Å². The quantitative estimate of drug-likeness (QED) is 0.770. The molecule has 2 fully saturated rings. The molecule has 0 radical (unpaired) electrons. The number of hydrogen-bond donors (Lipinski definition) is 1. The van der Waals surface area contributed by atoms with Crippen LogP contribution < -0.4 is 10.5 Å². The van der Waals surface area contributed by atoms with Crippen molar-refractivity contribution in [3.8, 4) is 5.75 Å². The molecule has 0 bridgehead atoms. The van der Waals surface area contributed by atoms with Crippen molar-refractivity contribution >= 4 is 33.9 Å². The molecule has 24 heavy (non-hydrogen) atoms. The molecular formula is C15H17BrN4O4. The third kappa shape index (κ3) is 2.79. The molecule has 2 aliphatic rings. The SMILES string of the molecule is COc1ccc(CN2C(=O)[C@H]3CN(C(N)=O)CCN3C2=O)cc1Br. The van der Waals surface area contributed by atoms with E-state index in [0.29, 0.717) is 18.8 Å². The number of ether oxygens (including phenoxy) is 1. The van der Waals surface area contributed by atoms with Gasteiger partial charge >= 0.3 is 12.1 Å². The number of amides is 5. The van der Waals surface area contributed by atoms with Crippen LogP contribution in [0.5, 0.6) is 5.75 Å². The third-order valence-electron chi connectivity index (χ3n) is 4.28. The number of fused-ring (bicyclic) bond motifs is 1. The van der Waals surface area contributed by atoms with Crippen molar-refractivity contribution < 1.29 is 19.1 Å². The lowest BCUT2D eigenvalue weighted by Crippen LogP contribution is -2.55. The summed E-state index contributed by atoms with van der Waals surface area (Å²) in [5.41, 5.74) is 6.08. The van der Waals surface area contributed by atoms with Gasteiger partial charge in [-0.1, -0.05) is 6.07 Å². The molecule has 9 heteroatoms. The van der Waals surface area contributed by atoms with Gasteiger partial charge in [-0.25, -0.2) is 9.59 Å². The molecule has 128 valence electrons. The average molecular weight is 397 g/mol. The number of benzene rings is 1. The van der Waals surface area contributed by atoms with Crippen molar-refractivity contribution in [2.75, 3.05) is 26.7 Å². The van der Waals surface area contributed by atoms with Crippen molar-refractivity contribution in [1.29, 1.82) is 0 Å². The standard InChI is InChI=1S/C15H17BrN4O4/c1-24-12-3-2-9(6-10(12)16)7-20-13(21)11-8-18(14(17)22)4-5-19(11)15(20)23/h2-3,6,11H,4-5,7-8H2,1H3,(H2,17,22)/t11-/m1/s1. The number of urea groups is 2. The lowest BCUT2D eigenvalue weighted by Gasteiger charge is -2.34. The second-order valence-electron chi connectivity index (χ2n) is 5.67. The number of piperazine rings is 1. The molecule has 8 nitrogen and oxygen atoms in total. The number of primary amides is 1. The van der Waals surface area contributed by atoms with Crippen LogP contribution in [0.2, 0.25) is 0 Å². The van der Waals surface area contributed by atoms with E-state index in [4.69, 9.17) is 10.5 Å². The third-order valence-corrected chi connectivity index (χ3v) is 4.90. The second kappa shape index (κ2) is 6.31. The van der Waals surface area contributed by atoms with E-state index in [2.05, 4.69) is 15.9 Å². The van der Waals surface area contributed by atoms with Gasteiger partial charge in [-0.15, -0.1) is 0 Å². The van der Waals surface area contributed by atoms with Crippen LogP contribution in [0.4, 0.5) is 9.59 Å². The van der Waals surface area contributed by atoms with Gasteiger partial charge < -0.3 is 20.3 Å². The van der Waals surface area contributed by atoms with Gasteiger partial charge in [0.05, 0.1) is 24.7 Å². The molecule has 2 N–H and O–H groups in total. The lowest BCUT2D eigenvalue weighted by molar-refractivity contribution is -0.129. The average Bonchev–Trinajstić information content (AvgIpc) is 2.79. The fourth-order valence-electron chi connectivity index (χ4n) is 2.99. The maximum Gasteiger partial charge on any atom is 0.327 e. The van der Waals surface area contributed by atoms with Crippen molar-refractivity contribution in [3.63, 3.8) is 0 Å². The van der Waals surface area contributed by atoms with E-state index in [-0.39, 0.29) is 25.0 Å². The number of carbonyl (C=O) groups excluding carboxylic acids is 3. The van der Waals surface area contributed by atoms with Gasteiger partial charge in [0.15, 0.2) is 0 Å². The van der Waals surface area contributed by atoms with E-state index in [0.717, 1.165) is 10.0 Å². The molecule has 2 heterocycles. The first kappa shape index (κ1) is 16.6. The molecule has 0 saturated carbocycles. The summed E-state index contributed by atoms with van der Waals surface area (Å²) in [5.74, 6) is 0.366. The Morgan fingerprint density at radius 1 is 1.38 bits per heavy atom. The highest BCUT2D eigenvalue weighted by Crippen LogP contribution is 2.28. The molecule has 5 amide bonds. The molecule has 1 atom stereocenters. The molecule has 1 aromatic carbocycles. The summed E-state index contributed by atoms with van der Waals surface area (Å²) in [7, 11) is 1.57. The zero-order valence-corrected chi connectivity index (χ0v) is 14.7. The summed E-state index contributed by atoms with van der Waals surface area (Å²) in [6, 6.07) is 3.82. The van der Waals surface area contributed by atoms with Crippen molar-refractivity contribution in [2.24, 2.45) is 5.73 Å². The summed E-state index contributed by atoms with van der Waals surface area (Å²) in [4.78, 5) is 40.5. The van der Waals surface area contributed by atoms with Gasteiger partial charge in [-0.2, -0.15) is 0 Å². The van der Waals surface area contributed by atoms with Gasteiger partial charge in [0.2, 0.25) is 0 Å². The predicted octanol–water partition coefficient (Wildman–Crippen LogP) is 0.985. The number of nitrogens with zero attached hydrogens (tertiary/aromatic N) is 3. The molecule has 1 aromatic rings. The highest BCUT2D eigenvalue weighted by molar-refractivity contribution is 9.10. The first-order chi connectivity index (χ1) is 11.4. The van der Waals surface area contributed by atoms with Gasteiger partial charge in [-0.3, -0.25) is 9.69 Å². The number of hydrogen-bond acceptors (Lipinski definition) is 4. The van der Waals surface area contributed by atoms with Crippen LogP contribution in [0.15, 0.2) is 22.7 Å². The Bertz CT molecular complexity index is 711. The first-order valence-electron chi connectivity index (χ1n) is 7.41. The van der Waals surface area contributed by atoms with Crippen LogP contribution in [0.1, 0.15) is 5.56 Å². The highest BCUT2D eigenvalue weighted by Gasteiger charge is 2.48. The number of methoxy groups -OCH3 is 1. The zero-order valence-electron chi connectivity index (χ0n) is 13.1. The summed E-state index contributed by atoms with van der Waals surface area (Å²) >= 11 is 3.39. The molecule has 3 rings (SSSR count). The Morgan fingerprint density at radius 3 is 2.75 bits per heavy atom. The molecule has 0 aliphatic carbocycles. The van der Waals surface area contributed by atoms with E-state index in [1.807, 2.05) is 6.07 Å². The smallest absolute Gasteiger partial charge is 0.327 e. The Kier molecular flexibility index (Phi) is 4.35. The van der Waals surface area contributed by atoms with Crippen LogP contribution in [-0.4, -0.2) is 65.5 Å². The maximum absolute atomic E-state index is 12.6. The van der Waals surface area contributed by atoms with Crippen LogP contribution in [0.3, 0.4) is 0 Å². The normalized spacial score (nSPS) is 20.4. The maximum atomic E-state index is 12.6. The van der Waals surface area contributed by atoms with Crippen molar-refractivity contribution in [3.05, 3.63) is 28.2 Å². The van der Waals surface area contributed by atoms with Gasteiger partial charge in [0.25, 0.3) is 5.91 Å². The van der Waals surface area contributed by atoms with Gasteiger partial charge in [-0.05, 0) is 33.6 Å². The van der Waals surface area contributed by atoms with Crippen LogP contribution >= 0.6 is 15.9 Å². The fraction of sp³-hybridized carbons (Fsp3) is 0.400. The van der Waals surface area contributed by atoms with Gasteiger partial charge in [0.1, 0.15) is 11.8 Å². The molecular weight excluding hydrogens is 380 g/mol. The van der Waals surface area contributed by atoms with Crippen LogP contribution in [0.25, 0.3) is 0 Å². The molecule has 0 aromatic heterocycles. The number of carbonyl (C=O) groups is 3. The highest BCUT2D eigenvalue weighted by atomic mass is 79.9. The number of halogens is 1. The number of rotatable bonds is 3. The van der Waals surface area contributed by atoms with Gasteiger partial charge in [0, 0.05) is 13.1 Å². The Balaban J connectivity index is 1.77. The van der Waals surface area contributed by atoms with Crippen molar-refractivity contribution in [1.82, 2.24) is 14.7 Å².